The molecule has 0 bridgehead atoms. The van der Waals surface area contributed by atoms with Crippen molar-refractivity contribution in [1.29, 1.82) is 0 Å². The lowest BCUT2D eigenvalue weighted by Crippen LogP contribution is -2.13. The fraction of sp³-hybridized carbons (Fsp3) is 0.500. The van der Waals surface area contributed by atoms with Crippen LogP contribution < -0.4 is 11.3 Å². The highest BCUT2D eigenvalue weighted by atomic mass is 32.1. The van der Waals surface area contributed by atoms with Crippen LogP contribution in [0.15, 0.2) is 10.9 Å². The molecule has 2 aromatic heterocycles. The number of nitrogens with two attached hydrogens (primary N) is 1. The van der Waals surface area contributed by atoms with Crippen molar-refractivity contribution in [3.05, 3.63) is 22.1 Å². The largest absolute Gasteiger partial charge is 0.374 e. The van der Waals surface area contributed by atoms with Crippen molar-refractivity contribution in [1.82, 2.24) is 14.6 Å². The van der Waals surface area contributed by atoms with Crippen LogP contribution in [0.25, 0.3) is 4.96 Å². The second-order valence-electron chi connectivity index (χ2n) is 4.14. The molecular formula is C10H12N4OS. The Kier molecular flexibility index (Phi) is 2.17. The van der Waals surface area contributed by atoms with Crippen LogP contribution in [0.5, 0.6) is 0 Å². The lowest BCUT2D eigenvalue weighted by molar-refractivity contribution is 0.660. The number of nitrogens with zero attached hydrogens (tertiary/aromatic N) is 3. The summed E-state index contributed by atoms with van der Waals surface area (Å²) >= 11 is 1.26. The Balaban J connectivity index is 2.24. The molecule has 84 valence electrons. The van der Waals surface area contributed by atoms with E-state index in [0.29, 0.717) is 16.0 Å². The smallest absolute Gasteiger partial charge is 0.274 e. The van der Waals surface area contributed by atoms with E-state index in [-0.39, 0.29) is 5.56 Å². The number of nitrogen functional groups attached to an aromatic ring is 1. The van der Waals surface area contributed by atoms with Crippen LogP contribution >= 0.6 is 11.3 Å². The summed E-state index contributed by atoms with van der Waals surface area (Å²) in [6.07, 6.45) is 4.71. The van der Waals surface area contributed by atoms with Crippen LogP contribution in [0.3, 0.4) is 0 Å². The maximum Gasteiger partial charge on any atom is 0.274 e. The van der Waals surface area contributed by atoms with Gasteiger partial charge in [-0.15, -0.1) is 5.10 Å². The molecule has 0 saturated heterocycles. The number of rotatable bonds is 1. The highest BCUT2D eigenvalue weighted by Crippen LogP contribution is 2.33. The molecule has 1 aliphatic rings. The molecule has 2 N–H and O–H groups in total. The first-order valence-electron chi connectivity index (χ1n) is 5.40. The molecule has 0 unspecified atom stereocenters. The van der Waals surface area contributed by atoms with Gasteiger partial charge in [-0.05, 0) is 12.8 Å². The van der Waals surface area contributed by atoms with E-state index < -0.39 is 0 Å². The van der Waals surface area contributed by atoms with Gasteiger partial charge in [0.15, 0.2) is 0 Å². The Morgan fingerprint density at radius 3 is 2.94 bits per heavy atom. The van der Waals surface area contributed by atoms with Gasteiger partial charge in [-0.2, -0.15) is 4.98 Å². The Morgan fingerprint density at radius 2 is 2.19 bits per heavy atom. The molecule has 0 spiro atoms. The van der Waals surface area contributed by atoms with Gasteiger partial charge in [-0.1, -0.05) is 24.2 Å². The summed E-state index contributed by atoms with van der Waals surface area (Å²) in [5, 5.41) is 4.67. The van der Waals surface area contributed by atoms with Crippen LogP contribution in [-0.4, -0.2) is 14.6 Å². The predicted molar refractivity (Wildman–Crippen MR) is 62.8 cm³/mol. The van der Waals surface area contributed by atoms with Gasteiger partial charge in [0.2, 0.25) is 10.1 Å². The number of aromatic nitrogens is 3. The van der Waals surface area contributed by atoms with Gasteiger partial charge in [-0.3, -0.25) is 4.79 Å². The first-order chi connectivity index (χ1) is 7.74. The van der Waals surface area contributed by atoms with E-state index >= 15 is 0 Å². The fourth-order valence-corrected chi connectivity index (χ4v) is 3.04. The molecule has 1 saturated carbocycles. The number of hydrogen-bond donors (Lipinski definition) is 1. The molecule has 6 heteroatoms. The molecule has 16 heavy (non-hydrogen) atoms. The lowest BCUT2D eigenvalue weighted by Gasteiger charge is -2.09. The lowest BCUT2D eigenvalue weighted by atomic mass is 10.0. The molecule has 3 rings (SSSR count). The van der Waals surface area contributed by atoms with Gasteiger partial charge in [0.05, 0.1) is 5.69 Å². The molecule has 1 fully saturated rings. The number of anilines is 1. The molecule has 0 amide bonds. The van der Waals surface area contributed by atoms with E-state index in [4.69, 9.17) is 5.73 Å². The molecule has 0 aliphatic heterocycles. The van der Waals surface area contributed by atoms with Crippen molar-refractivity contribution in [2.24, 2.45) is 0 Å². The van der Waals surface area contributed by atoms with Crippen molar-refractivity contribution in [3.63, 3.8) is 0 Å². The van der Waals surface area contributed by atoms with Crippen molar-refractivity contribution in [3.8, 4) is 0 Å². The normalized spacial score (nSPS) is 17.2. The molecule has 5 nitrogen and oxygen atoms in total. The van der Waals surface area contributed by atoms with Crippen molar-refractivity contribution >= 4 is 21.4 Å². The fourth-order valence-electron chi connectivity index (χ4n) is 2.36. The summed E-state index contributed by atoms with van der Waals surface area (Å²) < 4.78 is 1.73. The second kappa shape index (κ2) is 3.55. The van der Waals surface area contributed by atoms with E-state index in [2.05, 4.69) is 10.1 Å². The van der Waals surface area contributed by atoms with Gasteiger partial charge in [0, 0.05) is 12.0 Å². The maximum absolute atomic E-state index is 11.5. The third kappa shape index (κ3) is 1.49. The summed E-state index contributed by atoms with van der Waals surface area (Å²) in [6, 6.07) is 1.60. The number of hydrogen-bond acceptors (Lipinski definition) is 5. The highest BCUT2D eigenvalue weighted by Gasteiger charge is 2.21. The minimum atomic E-state index is -0.189. The Hall–Kier alpha value is -1.43. The zero-order valence-corrected chi connectivity index (χ0v) is 9.54. The minimum Gasteiger partial charge on any atom is -0.374 e. The highest BCUT2D eigenvalue weighted by molar-refractivity contribution is 7.20. The van der Waals surface area contributed by atoms with Crippen molar-refractivity contribution in [2.45, 2.75) is 31.6 Å². The van der Waals surface area contributed by atoms with Gasteiger partial charge in [0.25, 0.3) is 5.56 Å². The SMILES string of the molecule is Nc1nn2c(C3CCCC3)cc(=O)nc2s1. The average Bonchev–Trinajstić information content (AvgIpc) is 2.83. The molecule has 1 aliphatic carbocycles. The average molecular weight is 236 g/mol. The molecule has 2 aromatic rings. The third-order valence-corrected chi connectivity index (χ3v) is 3.81. The summed E-state index contributed by atoms with van der Waals surface area (Å²) in [5.74, 6) is 0.435. The summed E-state index contributed by atoms with van der Waals surface area (Å²) in [5.41, 5.74) is 6.44. The van der Waals surface area contributed by atoms with Crippen LogP contribution in [0, 0.1) is 0 Å². The van der Waals surface area contributed by atoms with Crippen molar-refractivity contribution in [2.75, 3.05) is 5.73 Å². The first kappa shape index (κ1) is 9.77. The quantitative estimate of drug-likeness (QED) is 0.812. The first-order valence-corrected chi connectivity index (χ1v) is 6.22. The van der Waals surface area contributed by atoms with E-state index in [9.17, 15) is 4.79 Å². The summed E-state index contributed by atoms with van der Waals surface area (Å²) in [7, 11) is 0. The van der Waals surface area contributed by atoms with Gasteiger partial charge in [-0.25, -0.2) is 4.52 Å². The van der Waals surface area contributed by atoms with Gasteiger partial charge in [0.1, 0.15) is 0 Å². The Labute approximate surface area is 95.9 Å². The molecule has 0 aromatic carbocycles. The summed E-state index contributed by atoms with van der Waals surface area (Å²) in [4.78, 5) is 16.0. The Morgan fingerprint density at radius 1 is 1.44 bits per heavy atom. The van der Waals surface area contributed by atoms with E-state index in [1.807, 2.05) is 0 Å². The topological polar surface area (TPSA) is 73.3 Å². The summed E-state index contributed by atoms with van der Waals surface area (Å²) in [6.45, 7) is 0. The standard InChI is InChI=1S/C10H12N4OS/c11-9-13-14-7(6-3-1-2-4-6)5-8(15)12-10(14)16-9/h5-6H,1-4H2,(H2,11,13). The molecule has 0 radical (unpaired) electrons. The predicted octanol–water partition coefficient (Wildman–Crippen LogP) is 1.39. The van der Waals surface area contributed by atoms with Gasteiger partial charge < -0.3 is 5.73 Å². The monoisotopic (exact) mass is 236 g/mol. The third-order valence-electron chi connectivity index (χ3n) is 3.07. The van der Waals surface area contributed by atoms with Crippen molar-refractivity contribution < 1.29 is 0 Å². The van der Waals surface area contributed by atoms with Crippen LogP contribution in [0.4, 0.5) is 5.13 Å². The van der Waals surface area contributed by atoms with E-state index in [0.717, 1.165) is 18.5 Å². The van der Waals surface area contributed by atoms with Crippen LogP contribution in [0.1, 0.15) is 37.3 Å². The Bertz CT molecular complexity index is 582. The zero-order chi connectivity index (χ0) is 11.1. The molecular weight excluding hydrogens is 224 g/mol. The van der Waals surface area contributed by atoms with E-state index in [1.165, 1.54) is 24.2 Å². The second-order valence-corrected chi connectivity index (χ2v) is 5.12. The van der Waals surface area contributed by atoms with Crippen LogP contribution in [-0.2, 0) is 0 Å². The number of fused-ring (bicyclic) bond motifs is 1. The van der Waals surface area contributed by atoms with E-state index in [1.54, 1.807) is 10.6 Å². The van der Waals surface area contributed by atoms with Crippen LogP contribution in [0.2, 0.25) is 0 Å². The molecule has 2 heterocycles. The molecule has 0 atom stereocenters. The van der Waals surface area contributed by atoms with Gasteiger partial charge >= 0.3 is 0 Å². The maximum atomic E-state index is 11.5. The minimum absolute atomic E-state index is 0.189. The zero-order valence-electron chi connectivity index (χ0n) is 8.72.